The summed E-state index contributed by atoms with van der Waals surface area (Å²) in [6, 6.07) is 5.97. The number of carboxylic acid groups (broad SMARTS) is 1. The molecule has 0 aliphatic heterocycles. The lowest BCUT2D eigenvalue weighted by molar-refractivity contribution is -0.138. The summed E-state index contributed by atoms with van der Waals surface area (Å²) in [6.07, 6.45) is 1.84. The first kappa shape index (κ1) is 16.0. The van der Waals surface area contributed by atoms with Crippen molar-refractivity contribution in [3.8, 4) is 0 Å². The Morgan fingerprint density at radius 1 is 1.32 bits per heavy atom. The Hall–Kier alpha value is -2.41. The summed E-state index contributed by atoms with van der Waals surface area (Å²) in [4.78, 5) is 27.9. The van der Waals surface area contributed by atoms with Gasteiger partial charge >= 0.3 is 5.97 Å². The first-order chi connectivity index (χ1) is 10.5. The van der Waals surface area contributed by atoms with Crippen LogP contribution < -0.4 is 10.6 Å². The number of hydrogen-bond acceptors (Lipinski definition) is 5. The average molecular weight is 319 g/mol. The van der Waals surface area contributed by atoms with Gasteiger partial charge in [0.1, 0.15) is 6.04 Å². The van der Waals surface area contributed by atoms with Gasteiger partial charge in [0.15, 0.2) is 0 Å². The van der Waals surface area contributed by atoms with Gasteiger partial charge in [-0.1, -0.05) is 0 Å². The van der Waals surface area contributed by atoms with Gasteiger partial charge in [0.05, 0.1) is 11.6 Å². The molecule has 3 N–H and O–H groups in total. The fraction of sp³-hybridized carbons (Fsp3) is 0.267. The number of aryl methyl sites for hydroxylation is 1. The van der Waals surface area contributed by atoms with Crippen LogP contribution in [0.25, 0.3) is 0 Å². The van der Waals surface area contributed by atoms with E-state index >= 15 is 0 Å². The van der Waals surface area contributed by atoms with E-state index in [1.165, 1.54) is 6.92 Å². The van der Waals surface area contributed by atoms with Crippen molar-refractivity contribution in [2.24, 2.45) is 0 Å². The molecule has 1 amide bonds. The second-order valence-electron chi connectivity index (χ2n) is 4.81. The van der Waals surface area contributed by atoms with Crippen molar-refractivity contribution in [1.82, 2.24) is 10.3 Å². The van der Waals surface area contributed by atoms with Crippen molar-refractivity contribution in [3.05, 3.63) is 45.9 Å². The number of nitrogens with zero attached hydrogens (tertiary/aromatic N) is 1. The number of hydrogen-bond donors (Lipinski definition) is 3. The monoisotopic (exact) mass is 319 g/mol. The van der Waals surface area contributed by atoms with Crippen LogP contribution in [-0.2, 0) is 11.3 Å². The van der Waals surface area contributed by atoms with Crippen molar-refractivity contribution in [1.29, 1.82) is 0 Å². The van der Waals surface area contributed by atoms with Crippen molar-refractivity contribution in [2.45, 2.75) is 26.4 Å². The van der Waals surface area contributed by atoms with Gasteiger partial charge in [-0.3, -0.25) is 9.59 Å². The molecule has 1 aromatic carbocycles. The zero-order valence-electron chi connectivity index (χ0n) is 12.3. The zero-order valence-corrected chi connectivity index (χ0v) is 13.1. The summed E-state index contributed by atoms with van der Waals surface area (Å²) in [6.45, 7) is 4.06. The Morgan fingerprint density at radius 2 is 2.00 bits per heavy atom. The number of aromatic nitrogens is 1. The van der Waals surface area contributed by atoms with Crippen LogP contribution in [-0.4, -0.2) is 28.0 Å². The van der Waals surface area contributed by atoms with E-state index < -0.39 is 17.9 Å². The maximum absolute atomic E-state index is 11.9. The highest BCUT2D eigenvalue weighted by Gasteiger charge is 2.14. The highest BCUT2D eigenvalue weighted by atomic mass is 32.1. The molecular weight excluding hydrogens is 302 g/mol. The van der Waals surface area contributed by atoms with E-state index in [0.29, 0.717) is 12.1 Å². The molecule has 116 valence electrons. The van der Waals surface area contributed by atoms with Crippen LogP contribution in [0.5, 0.6) is 0 Å². The van der Waals surface area contributed by atoms with Crippen LogP contribution in [0.1, 0.15) is 27.2 Å². The van der Waals surface area contributed by atoms with E-state index in [1.54, 1.807) is 35.6 Å². The van der Waals surface area contributed by atoms with Crippen LogP contribution in [0.15, 0.2) is 30.5 Å². The highest BCUT2D eigenvalue weighted by Crippen LogP contribution is 2.15. The van der Waals surface area contributed by atoms with E-state index in [2.05, 4.69) is 15.6 Å². The van der Waals surface area contributed by atoms with Gasteiger partial charge < -0.3 is 15.7 Å². The minimum absolute atomic E-state index is 0.403. The van der Waals surface area contributed by atoms with Crippen LogP contribution in [0.3, 0.4) is 0 Å². The summed E-state index contributed by atoms with van der Waals surface area (Å²) < 4.78 is 0. The number of aliphatic carboxylic acids is 1. The summed E-state index contributed by atoms with van der Waals surface area (Å²) in [5.74, 6) is -1.47. The van der Waals surface area contributed by atoms with Gasteiger partial charge in [0, 0.05) is 22.3 Å². The predicted molar refractivity (Wildman–Crippen MR) is 85.2 cm³/mol. The summed E-state index contributed by atoms with van der Waals surface area (Å²) in [7, 11) is 0. The topological polar surface area (TPSA) is 91.3 Å². The van der Waals surface area contributed by atoms with E-state index in [9.17, 15) is 9.59 Å². The summed E-state index contributed by atoms with van der Waals surface area (Å²) in [5, 5.41) is 15.5. The average Bonchev–Trinajstić information content (AvgIpc) is 2.91. The standard InChI is InChI=1S/C15H17N3O3S/c1-9(15(20)21)18-14(19)11-3-5-12(6-4-11)17-8-13-7-16-10(2)22-13/h3-7,9,17H,8H2,1-2H3,(H,18,19)(H,20,21). The lowest BCUT2D eigenvalue weighted by Crippen LogP contribution is -2.38. The molecule has 22 heavy (non-hydrogen) atoms. The van der Waals surface area contributed by atoms with E-state index in [4.69, 9.17) is 5.11 Å². The molecule has 0 saturated carbocycles. The highest BCUT2D eigenvalue weighted by molar-refractivity contribution is 7.11. The fourth-order valence-electron chi connectivity index (χ4n) is 1.76. The van der Waals surface area contributed by atoms with E-state index in [-0.39, 0.29) is 0 Å². The number of nitrogens with one attached hydrogen (secondary N) is 2. The maximum atomic E-state index is 11.9. The van der Waals surface area contributed by atoms with Gasteiger partial charge in [0.2, 0.25) is 0 Å². The molecular formula is C15H17N3O3S. The Labute approximate surface area is 132 Å². The lowest BCUT2D eigenvalue weighted by atomic mass is 10.2. The third-order valence-corrected chi connectivity index (χ3v) is 3.91. The zero-order chi connectivity index (χ0) is 16.1. The van der Waals surface area contributed by atoms with Gasteiger partial charge in [-0.15, -0.1) is 11.3 Å². The number of benzene rings is 1. The SMILES string of the molecule is Cc1ncc(CNc2ccc(C(=O)NC(C)C(=O)O)cc2)s1. The molecule has 6 nitrogen and oxygen atoms in total. The minimum Gasteiger partial charge on any atom is -0.480 e. The maximum Gasteiger partial charge on any atom is 0.325 e. The molecule has 0 radical (unpaired) electrons. The minimum atomic E-state index is -1.06. The van der Waals surface area contributed by atoms with E-state index in [0.717, 1.165) is 15.6 Å². The molecule has 2 aromatic rings. The molecule has 1 atom stereocenters. The fourth-order valence-corrected chi connectivity index (χ4v) is 2.49. The molecule has 1 heterocycles. The number of carbonyl (C=O) groups excluding carboxylic acids is 1. The number of amides is 1. The van der Waals surface area contributed by atoms with Crippen LogP contribution >= 0.6 is 11.3 Å². The molecule has 0 spiro atoms. The largest absolute Gasteiger partial charge is 0.480 e. The second-order valence-corrected chi connectivity index (χ2v) is 6.13. The third-order valence-electron chi connectivity index (χ3n) is 3.00. The molecule has 2 rings (SSSR count). The van der Waals surface area contributed by atoms with E-state index in [1.807, 2.05) is 13.1 Å². The van der Waals surface area contributed by atoms with Crippen LogP contribution in [0, 0.1) is 6.92 Å². The van der Waals surface area contributed by atoms with Gasteiger partial charge in [0.25, 0.3) is 5.91 Å². The number of anilines is 1. The second kappa shape index (κ2) is 7.04. The first-order valence-electron chi connectivity index (χ1n) is 6.74. The summed E-state index contributed by atoms with van der Waals surface area (Å²) in [5.41, 5.74) is 1.31. The third kappa shape index (κ3) is 4.29. The smallest absolute Gasteiger partial charge is 0.325 e. The molecule has 0 fully saturated rings. The van der Waals surface area contributed by atoms with Crippen molar-refractivity contribution < 1.29 is 14.7 Å². The van der Waals surface area contributed by atoms with Gasteiger partial charge in [-0.2, -0.15) is 0 Å². The normalized spacial score (nSPS) is 11.7. The molecule has 0 saturated heterocycles. The first-order valence-corrected chi connectivity index (χ1v) is 7.56. The molecule has 7 heteroatoms. The van der Waals surface area contributed by atoms with Crippen molar-refractivity contribution in [2.75, 3.05) is 5.32 Å². The number of rotatable bonds is 6. The molecule has 0 bridgehead atoms. The van der Waals surface area contributed by atoms with Crippen LogP contribution in [0.4, 0.5) is 5.69 Å². The molecule has 0 aliphatic carbocycles. The predicted octanol–water partition coefficient (Wildman–Crippen LogP) is 2.27. The van der Waals surface area contributed by atoms with Crippen molar-refractivity contribution >= 4 is 28.9 Å². The summed E-state index contributed by atoms with van der Waals surface area (Å²) >= 11 is 1.63. The molecule has 0 aliphatic rings. The Balaban J connectivity index is 1.92. The number of carboxylic acids is 1. The molecule has 1 aromatic heterocycles. The molecule has 1 unspecified atom stereocenters. The number of thiazole rings is 1. The quantitative estimate of drug-likeness (QED) is 0.760. The Bertz CT molecular complexity index is 667. The van der Waals surface area contributed by atoms with Crippen LogP contribution in [0.2, 0.25) is 0 Å². The number of carbonyl (C=O) groups is 2. The van der Waals surface area contributed by atoms with Crippen molar-refractivity contribution in [3.63, 3.8) is 0 Å². The van der Waals surface area contributed by atoms with Gasteiger partial charge in [-0.25, -0.2) is 4.98 Å². The van der Waals surface area contributed by atoms with Gasteiger partial charge in [-0.05, 0) is 38.1 Å². The Kier molecular flexibility index (Phi) is 5.11. The lowest BCUT2D eigenvalue weighted by Gasteiger charge is -2.10. The Morgan fingerprint density at radius 3 is 2.55 bits per heavy atom.